The first-order chi connectivity index (χ1) is 9.59. The fourth-order valence-electron chi connectivity index (χ4n) is 2.25. The lowest BCUT2D eigenvalue weighted by atomic mass is 9.80. The molecule has 0 aliphatic carbocycles. The molecule has 0 N–H and O–H groups in total. The molecule has 0 heterocycles. The van der Waals surface area contributed by atoms with E-state index in [0.717, 1.165) is 10.7 Å². The van der Waals surface area contributed by atoms with E-state index in [-0.39, 0.29) is 11.2 Å². The maximum Gasteiger partial charge on any atom is 0.155 e. The van der Waals surface area contributed by atoms with Crippen molar-refractivity contribution in [2.75, 3.05) is 16.4 Å². The molecular formula is C16H24Br2O2S. The molecule has 2 nitrogen and oxygen atoms in total. The van der Waals surface area contributed by atoms with Gasteiger partial charge in [-0.05, 0) is 45.2 Å². The first-order valence-electron chi connectivity index (χ1n) is 7.00. The number of hydrogen-bond acceptors (Lipinski definition) is 2. The summed E-state index contributed by atoms with van der Waals surface area (Å²) in [5.41, 5.74) is 2.20. The summed E-state index contributed by atoms with van der Waals surface area (Å²) in [5.74, 6) is 0.196. The van der Waals surface area contributed by atoms with Crippen LogP contribution in [0, 0.1) is 6.92 Å². The highest BCUT2D eigenvalue weighted by atomic mass is 79.9. The van der Waals surface area contributed by atoms with Gasteiger partial charge in [-0.2, -0.15) is 0 Å². The third kappa shape index (κ3) is 4.32. The second kappa shape index (κ2) is 7.14. The van der Waals surface area contributed by atoms with Gasteiger partial charge in [0.05, 0.1) is 10.5 Å². The van der Waals surface area contributed by atoms with E-state index >= 15 is 0 Å². The molecule has 0 aliphatic heterocycles. The zero-order valence-electron chi connectivity index (χ0n) is 13.1. The predicted molar refractivity (Wildman–Crippen MR) is 98.6 cm³/mol. The van der Waals surface area contributed by atoms with Gasteiger partial charge in [0.25, 0.3) is 0 Å². The molecule has 5 heteroatoms. The van der Waals surface area contributed by atoms with Crippen LogP contribution in [0.1, 0.15) is 38.3 Å². The summed E-state index contributed by atoms with van der Waals surface area (Å²) in [6, 6.07) is 8.20. The lowest BCUT2D eigenvalue weighted by Gasteiger charge is -2.33. The Balaban J connectivity index is 3.12. The standard InChI is InChI=1S/C16H24Br2O2S/c1-13-7-5-6-8-14(13)16(11-17,12-18)9-10-21(19,20)15(2,3)4/h5-8H,9-12H2,1-4H3. The van der Waals surface area contributed by atoms with Crippen LogP contribution in [0.4, 0.5) is 0 Å². The molecule has 1 aromatic rings. The number of halogens is 2. The predicted octanol–water partition coefficient (Wildman–Crippen LogP) is 4.63. The Morgan fingerprint density at radius 1 is 1.05 bits per heavy atom. The van der Waals surface area contributed by atoms with E-state index in [1.165, 1.54) is 11.1 Å². The SMILES string of the molecule is Cc1ccccc1C(CBr)(CBr)CCS(=O)(=O)C(C)(C)C. The smallest absolute Gasteiger partial charge is 0.155 e. The van der Waals surface area contributed by atoms with Gasteiger partial charge >= 0.3 is 0 Å². The Labute approximate surface area is 145 Å². The lowest BCUT2D eigenvalue weighted by molar-refractivity contribution is 0.510. The number of hydrogen-bond donors (Lipinski definition) is 0. The molecule has 0 radical (unpaired) electrons. The molecule has 0 saturated heterocycles. The maximum absolute atomic E-state index is 12.4. The molecule has 0 aliphatic rings. The van der Waals surface area contributed by atoms with Crippen LogP contribution in [0.3, 0.4) is 0 Å². The molecule has 0 atom stereocenters. The minimum absolute atomic E-state index is 0.196. The van der Waals surface area contributed by atoms with Gasteiger partial charge in [0.15, 0.2) is 9.84 Å². The van der Waals surface area contributed by atoms with Crippen molar-refractivity contribution in [2.24, 2.45) is 0 Å². The van der Waals surface area contributed by atoms with E-state index in [0.29, 0.717) is 6.42 Å². The number of rotatable bonds is 6. The molecule has 0 spiro atoms. The van der Waals surface area contributed by atoms with E-state index in [9.17, 15) is 8.42 Å². The van der Waals surface area contributed by atoms with Crippen LogP contribution >= 0.6 is 31.9 Å². The van der Waals surface area contributed by atoms with Crippen LogP contribution in [0.15, 0.2) is 24.3 Å². The van der Waals surface area contributed by atoms with Crippen molar-refractivity contribution >= 4 is 41.7 Å². The van der Waals surface area contributed by atoms with Gasteiger partial charge in [-0.15, -0.1) is 0 Å². The van der Waals surface area contributed by atoms with Gasteiger partial charge in [0.1, 0.15) is 0 Å². The summed E-state index contributed by atoms with van der Waals surface area (Å²) in [4.78, 5) is 0. The zero-order valence-corrected chi connectivity index (χ0v) is 17.1. The highest BCUT2D eigenvalue weighted by Gasteiger charge is 2.36. The Kier molecular flexibility index (Phi) is 6.52. The second-order valence-electron chi connectivity index (χ2n) is 6.54. The normalized spacial score (nSPS) is 13.4. The largest absolute Gasteiger partial charge is 0.228 e. The average Bonchev–Trinajstić information content (AvgIpc) is 2.41. The fraction of sp³-hybridized carbons (Fsp3) is 0.625. The van der Waals surface area contributed by atoms with Gasteiger partial charge in [0, 0.05) is 16.1 Å². The number of sulfone groups is 1. The molecule has 0 amide bonds. The molecule has 1 rings (SSSR count). The molecule has 0 saturated carbocycles. The molecule has 120 valence electrons. The summed E-state index contributed by atoms with van der Waals surface area (Å²) in [5, 5.41) is 1.46. The quantitative estimate of drug-likeness (QED) is 0.605. The van der Waals surface area contributed by atoms with E-state index in [1.54, 1.807) is 20.8 Å². The summed E-state index contributed by atoms with van der Waals surface area (Å²) in [6.45, 7) is 7.37. The minimum atomic E-state index is -3.11. The van der Waals surface area contributed by atoms with Gasteiger partial charge < -0.3 is 0 Å². The highest BCUT2D eigenvalue weighted by Crippen LogP contribution is 2.35. The van der Waals surface area contributed by atoms with Crippen LogP contribution in [0.2, 0.25) is 0 Å². The summed E-state index contributed by atoms with van der Waals surface area (Å²) in [7, 11) is -3.11. The van der Waals surface area contributed by atoms with Crippen LogP contribution in [-0.4, -0.2) is 29.6 Å². The highest BCUT2D eigenvalue weighted by molar-refractivity contribution is 9.09. The van der Waals surface area contributed by atoms with Crippen LogP contribution in [0.25, 0.3) is 0 Å². The zero-order chi connectivity index (χ0) is 16.3. The third-order valence-corrected chi connectivity index (χ3v) is 8.76. The molecule has 0 bridgehead atoms. The van der Waals surface area contributed by atoms with Gasteiger partial charge in [-0.3, -0.25) is 0 Å². The number of benzene rings is 1. The molecule has 0 fully saturated rings. The van der Waals surface area contributed by atoms with Crippen LogP contribution in [0.5, 0.6) is 0 Å². The van der Waals surface area contributed by atoms with Crippen molar-refractivity contribution in [3.63, 3.8) is 0 Å². The van der Waals surface area contributed by atoms with Crippen molar-refractivity contribution in [2.45, 2.75) is 44.3 Å². The Hall–Kier alpha value is 0.130. The van der Waals surface area contributed by atoms with Crippen molar-refractivity contribution in [3.05, 3.63) is 35.4 Å². The average molecular weight is 440 g/mol. The Bertz CT molecular complexity index is 570. The summed E-state index contributed by atoms with van der Waals surface area (Å²) < 4.78 is 24.1. The fourth-order valence-corrected chi connectivity index (χ4v) is 5.62. The molecule has 21 heavy (non-hydrogen) atoms. The molecule has 0 unspecified atom stereocenters. The third-order valence-electron chi connectivity index (χ3n) is 4.01. The van der Waals surface area contributed by atoms with Crippen molar-refractivity contribution < 1.29 is 8.42 Å². The van der Waals surface area contributed by atoms with E-state index in [1.807, 2.05) is 12.1 Å². The number of aryl methyl sites for hydroxylation is 1. The number of alkyl halides is 2. The van der Waals surface area contributed by atoms with Crippen LogP contribution < -0.4 is 0 Å². The molecular weight excluding hydrogens is 416 g/mol. The minimum Gasteiger partial charge on any atom is -0.228 e. The second-order valence-corrected chi connectivity index (χ2v) is 10.5. The van der Waals surface area contributed by atoms with E-state index < -0.39 is 14.6 Å². The monoisotopic (exact) mass is 438 g/mol. The van der Waals surface area contributed by atoms with Crippen molar-refractivity contribution in [3.8, 4) is 0 Å². The summed E-state index contributed by atoms with van der Waals surface area (Å²) in [6.07, 6.45) is 0.605. The first kappa shape index (κ1) is 19.2. The van der Waals surface area contributed by atoms with Crippen LogP contribution in [-0.2, 0) is 15.3 Å². The Morgan fingerprint density at radius 2 is 1.57 bits per heavy atom. The lowest BCUT2D eigenvalue weighted by Crippen LogP contribution is -2.37. The Morgan fingerprint density at radius 3 is 2.00 bits per heavy atom. The van der Waals surface area contributed by atoms with Gasteiger partial charge in [-0.1, -0.05) is 56.1 Å². The topological polar surface area (TPSA) is 34.1 Å². The maximum atomic E-state index is 12.4. The van der Waals surface area contributed by atoms with Gasteiger partial charge in [-0.25, -0.2) is 8.42 Å². The molecule has 0 aromatic heterocycles. The van der Waals surface area contributed by atoms with Crippen molar-refractivity contribution in [1.29, 1.82) is 0 Å². The van der Waals surface area contributed by atoms with E-state index in [4.69, 9.17) is 0 Å². The summed E-state index contributed by atoms with van der Waals surface area (Å²) >= 11 is 7.19. The molecule has 1 aromatic carbocycles. The first-order valence-corrected chi connectivity index (χ1v) is 10.9. The van der Waals surface area contributed by atoms with Crippen molar-refractivity contribution in [1.82, 2.24) is 0 Å². The van der Waals surface area contributed by atoms with Gasteiger partial charge in [0.2, 0.25) is 0 Å². The van der Waals surface area contributed by atoms with E-state index in [2.05, 4.69) is 50.9 Å².